The van der Waals surface area contributed by atoms with Crippen molar-refractivity contribution in [3.8, 4) is 0 Å². The Kier molecular flexibility index (Phi) is 6.80. The predicted octanol–water partition coefficient (Wildman–Crippen LogP) is 7.49. The molecular weight excluding hydrogens is 422 g/mol. The largest absolute Gasteiger partial charge is 0.299 e. The van der Waals surface area contributed by atoms with E-state index in [1.54, 1.807) is 0 Å². The van der Waals surface area contributed by atoms with Gasteiger partial charge < -0.3 is 0 Å². The molecule has 3 heteroatoms. The highest BCUT2D eigenvalue weighted by Gasteiger charge is 2.39. The van der Waals surface area contributed by atoms with E-state index in [0.29, 0.717) is 5.78 Å². The van der Waals surface area contributed by atoms with Gasteiger partial charge in [0.25, 0.3) is 0 Å². The van der Waals surface area contributed by atoms with Gasteiger partial charge in [-0.15, -0.1) is 11.3 Å². The molecule has 1 aliphatic heterocycles. The number of carbonyl (C=O) groups excluding carboxylic acids is 1. The van der Waals surface area contributed by atoms with Gasteiger partial charge in [-0.05, 0) is 84.8 Å². The number of hydrogen-bond acceptors (Lipinski definition) is 3. The zero-order chi connectivity index (χ0) is 22.7. The zero-order valence-electron chi connectivity index (χ0n) is 19.8. The third kappa shape index (κ3) is 4.85. The third-order valence-electron chi connectivity index (χ3n) is 7.98. The van der Waals surface area contributed by atoms with Crippen molar-refractivity contribution in [3.63, 3.8) is 0 Å². The van der Waals surface area contributed by atoms with Crippen LogP contribution in [0.2, 0.25) is 0 Å². The lowest BCUT2D eigenvalue weighted by molar-refractivity contribution is -0.129. The molecule has 33 heavy (non-hydrogen) atoms. The van der Waals surface area contributed by atoms with Crippen molar-refractivity contribution in [1.82, 2.24) is 4.90 Å². The first-order chi connectivity index (χ1) is 16.1. The van der Waals surface area contributed by atoms with Gasteiger partial charge in [-0.25, -0.2) is 0 Å². The Morgan fingerprint density at radius 2 is 1.88 bits per heavy atom. The number of Topliss-reactive ketones (excluding diaryl/α,β-unsaturated/α-hetero) is 1. The summed E-state index contributed by atoms with van der Waals surface area (Å²) in [6, 6.07) is 19.6. The van der Waals surface area contributed by atoms with Crippen LogP contribution in [0.3, 0.4) is 0 Å². The van der Waals surface area contributed by atoms with Gasteiger partial charge in [0, 0.05) is 23.7 Å². The van der Waals surface area contributed by atoms with Crippen molar-refractivity contribution in [2.75, 3.05) is 19.6 Å². The van der Waals surface area contributed by atoms with Crippen LogP contribution in [0.1, 0.15) is 63.0 Å². The van der Waals surface area contributed by atoms with Crippen molar-refractivity contribution in [2.24, 2.45) is 5.92 Å². The summed E-state index contributed by atoms with van der Waals surface area (Å²) in [5.74, 6) is 0.717. The minimum atomic E-state index is -0.392. The van der Waals surface area contributed by atoms with Crippen molar-refractivity contribution >= 4 is 32.8 Å². The van der Waals surface area contributed by atoms with Gasteiger partial charge in [-0.2, -0.15) is 0 Å². The first-order valence-corrected chi connectivity index (χ1v) is 13.5. The molecule has 1 aliphatic carbocycles. The van der Waals surface area contributed by atoms with Crippen LogP contribution in [-0.2, 0) is 10.2 Å². The Morgan fingerprint density at radius 1 is 1.06 bits per heavy atom. The summed E-state index contributed by atoms with van der Waals surface area (Å²) in [7, 11) is 0. The summed E-state index contributed by atoms with van der Waals surface area (Å²) in [5, 5.41) is 3.52. The van der Waals surface area contributed by atoms with Gasteiger partial charge in [-0.3, -0.25) is 9.69 Å². The smallest absolute Gasteiger partial charge is 0.146 e. The summed E-state index contributed by atoms with van der Waals surface area (Å²) in [6.45, 7) is 5.22. The highest BCUT2D eigenvalue weighted by Crippen LogP contribution is 2.37. The highest BCUT2D eigenvalue weighted by molar-refractivity contribution is 7.17. The Morgan fingerprint density at radius 3 is 2.64 bits per heavy atom. The first-order valence-electron chi connectivity index (χ1n) is 12.6. The molecular formula is C30H35NOS. The molecule has 0 spiro atoms. The van der Waals surface area contributed by atoms with E-state index in [9.17, 15) is 4.79 Å². The van der Waals surface area contributed by atoms with Crippen LogP contribution in [0.25, 0.3) is 15.7 Å². The third-order valence-corrected chi connectivity index (χ3v) is 8.87. The Bertz CT molecular complexity index is 1120. The lowest BCUT2D eigenvalue weighted by atomic mass is 9.69. The SMILES string of the molecule is CC(CCN1CC=C(c2ccc3sccc3c2)CC1)(C(=O)C1CCCCC1)c1ccccc1. The fourth-order valence-electron chi connectivity index (χ4n) is 5.76. The van der Waals surface area contributed by atoms with Gasteiger partial charge in [0.2, 0.25) is 0 Å². The molecule has 1 atom stereocenters. The predicted molar refractivity (Wildman–Crippen MR) is 141 cm³/mol. The number of hydrogen-bond donors (Lipinski definition) is 0. The van der Waals surface area contributed by atoms with Crippen LogP contribution in [0.4, 0.5) is 0 Å². The number of fused-ring (bicyclic) bond motifs is 1. The van der Waals surface area contributed by atoms with Crippen LogP contribution >= 0.6 is 11.3 Å². The van der Waals surface area contributed by atoms with Gasteiger partial charge in [0.1, 0.15) is 5.78 Å². The van der Waals surface area contributed by atoms with E-state index in [4.69, 9.17) is 0 Å². The lowest BCUT2D eigenvalue weighted by Gasteiger charge is -2.36. The summed E-state index contributed by atoms with van der Waals surface area (Å²) in [4.78, 5) is 16.3. The number of benzene rings is 2. The monoisotopic (exact) mass is 457 g/mol. The molecule has 5 rings (SSSR count). The van der Waals surface area contributed by atoms with Gasteiger partial charge in [0.15, 0.2) is 0 Å². The van der Waals surface area contributed by atoms with Gasteiger partial charge >= 0.3 is 0 Å². The Balaban J connectivity index is 1.28. The standard InChI is InChI=1S/C30H35NOS/c1-30(27-10-6-3-7-11-27,29(32)24-8-4-2-5-9-24)17-20-31-18-14-23(15-19-31)25-12-13-28-26(22-25)16-21-33-28/h3,6-7,10-14,16,21-22,24H,2,4-5,8-9,15,17-20H2,1H3. The maximum Gasteiger partial charge on any atom is 0.146 e. The molecule has 2 aliphatic rings. The molecule has 2 nitrogen and oxygen atoms in total. The zero-order valence-corrected chi connectivity index (χ0v) is 20.6. The van der Waals surface area contributed by atoms with Crippen molar-refractivity contribution < 1.29 is 4.79 Å². The van der Waals surface area contributed by atoms with Crippen LogP contribution in [0.15, 0.2) is 66.1 Å². The molecule has 2 aromatic carbocycles. The Labute approximate surface area is 202 Å². The number of ketones is 1. The van der Waals surface area contributed by atoms with E-state index < -0.39 is 5.41 Å². The average Bonchev–Trinajstić information content (AvgIpc) is 3.36. The maximum atomic E-state index is 13.8. The van der Waals surface area contributed by atoms with Crippen LogP contribution in [0, 0.1) is 5.92 Å². The Hall–Kier alpha value is -2.23. The van der Waals surface area contributed by atoms with E-state index in [1.165, 1.54) is 46.0 Å². The normalized spacial score (nSPS) is 19.8. The highest BCUT2D eigenvalue weighted by atomic mass is 32.1. The molecule has 1 fully saturated rings. The maximum absolute atomic E-state index is 13.8. The van der Waals surface area contributed by atoms with Crippen LogP contribution < -0.4 is 0 Å². The molecule has 0 N–H and O–H groups in total. The fourth-order valence-corrected chi connectivity index (χ4v) is 6.53. The molecule has 0 bridgehead atoms. The van der Waals surface area contributed by atoms with Crippen LogP contribution in [-0.4, -0.2) is 30.3 Å². The lowest BCUT2D eigenvalue weighted by Crippen LogP contribution is -2.42. The topological polar surface area (TPSA) is 20.3 Å². The van der Waals surface area contributed by atoms with Crippen LogP contribution in [0.5, 0.6) is 0 Å². The first kappa shape index (κ1) is 22.6. The van der Waals surface area contributed by atoms with E-state index in [-0.39, 0.29) is 5.92 Å². The van der Waals surface area contributed by atoms with Gasteiger partial charge in [-0.1, -0.05) is 61.7 Å². The second-order valence-corrected chi connectivity index (χ2v) is 11.0. The number of thiophene rings is 1. The molecule has 2 heterocycles. The fraction of sp³-hybridized carbons (Fsp3) is 0.433. The molecule has 0 saturated heterocycles. The number of nitrogens with zero attached hydrogens (tertiary/aromatic N) is 1. The molecule has 3 aromatic rings. The van der Waals surface area contributed by atoms with E-state index in [1.807, 2.05) is 11.3 Å². The van der Waals surface area contributed by atoms with Gasteiger partial charge in [0.05, 0.1) is 5.41 Å². The summed E-state index contributed by atoms with van der Waals surface area (Å²) in [6.07, 6.45) is 10.2. The molecule has 1 unspecified atom stereocenters. The molecule has 172 valence electrons. The quantitative estimate of drug-likeness (QED) is 0.366. The summed E-state index contributed by atoms with van der Waals surface area (Å²) in [5.41, 5.74) is 3.63. The number of rotatable bonds is 7. The van der Waals surface area contributed by atoms with E-state index in [0.717, 1.165) is 45.3 Å². The minimum Gasteiger partial charge on any atom is -0.299 e. The van der Waals surface area contributed by atoms with E-state index >= 15 is 0 Å². The average molecular weight is 458 g/mol. The minimum absolute atomic E-state index is 0.240. The van der Waals surface area contributed by atoms with E-state index in [2.05, 4.69) is 77.9 Å². The van der Waals surface area contributed by atoms with Crippen molar-refractivity contribution in [1.29, 1.82) is 0 Å². The molecule has 1 aromatic heterocycles. The molecule has 1 saturated carbocycles. The molecule has 0 radical (unpaired) electrons. The van der Waals surface area contributed by atoms with Crippen molar-refractivity contribution in [2.45, 2.75) is 57.3 Å². The van der Waals surface area contributed by atoms with Crippen molar-refractivity contribution in [3.05, 3.63) is 77.2 Å². The summed E-state index contributed by atoms with van der Waals surface area (Å²) >= 11 is 1.81. The molecule has 0 amide bonds. The number of carbonyl (C=O) groups is 1. The summed E-state index contributed by atoms with van der Waals surface area (Å²) < 4.78 is 1.36. The second kappa shape index (κ2) is 9.95. The second-order valence-electron chi connectivity index (χ2n) is 10.1.